The molecule has 1 atom stereocenters. The van der Waals surface area contributed by atoms with Crippen molar-refractivity contribution < 1.29 is 23.9 Å². The number of esters is 1. The fourth-order valence-corrected chi connectivity index (χ4v) is 1.98. The van der Waals surface area contributed by atoms with Gasteiger partial charge in [0.05, 0.1) is 6.61 Å². The van der Waals surface area contributed by atoms with E-state index < -0.39 is 18.1 Å². The van der Waals surface area contributed by atoms with Crippen LogP contribution in [0.25, 0.3) is 0 Å². The normalized spacial score (nSPS) is 11.4. The molecular weight excluding hydrogens is 310 g/mol. The Morgan fingerprint density at radius 1 is 1.17 bits per heavy atom. The number of rotatable bonds is 11. The van der Waals surface area contributed by atoms with Crippen LogP contribution < -0.4 is 5.32 Å². The number of hydrogen-bond acceptors (Lipinski definition) is 5. The van der Waals surface area contributed by atoms with Gasteiger partial charge >= 0.3 is 12.1 Å². The number of carbonyl (C=O) groups is 3. The Morgan fingerprint density at radius 3 is 2.58 bits per heavy atom. The van der Waals surface area contributed by atoms with Gasteiger partial charge in [-0.25, -0.2) is 9.59 Å². The van der Waals surface area contributed by atoms with Crippen molar-refractivity contribution in [1.82, 2.24) is 5.32 Å². The SMILES string of the molecule is CCCCOC(=O)NC(CCCC=O)C(=O)OCc1ccccc1. The van der Waals surface area contributed by atoms with Crippen molar-refractivity contribution in [3.63, 3.8) is 0 Å². The molecule has 0 fully saturated rings. The molecule has 0 radical (unpaired) electrons. The second kappa shape index (κ2) is 12.1. The van der Waals surface area contributed by atoms with Gasteiger partial charge < -0.3 is 19.6 Å². The Bertz CT molecular complexity index is 503. The predicted molar refractivity (Wildman–Crippen MR) is 89.3 cm³/mol. The number of alkyl carbamates (subject to hydrolysis) is 1. The lowest BCUT2D eigenvalue weighted by molar-refractivity contribution is -0.147. The molecule has 0 saturated heterocycles. The van der Waals surface area contributed by atoms with Gasteiger partial charge in [0.2, 0.25) is 0 Å². The van der Waals surface area contributed by atoms with Crippen LogP contribution in [0.4, 0.5) is 4.79 Å². The predicted octanol–water partition coefficient (Wildman–Crippen LogP) is 2.99. The zero-order valence-corrected chi connectivity index (χ0v) is 14.0. The number of nitrogens with one attached hydrogen (secondary N) is 1. The number of unbranched alkanes of at least 4 members (excludes halogenated alkanes) is 2. The summed E-state index contributed by atoms with van der Waals surface area (Å²) in [7, 11) is 0. The maximum absolute atomic E-state index is 12.2. The molecule has 0 aliphatic rings. The molecule has 0 saturated carbocycles. The highest BCUT2D eigenvalue weighted by atomic mass is 16.6. The smallest absolute Gasteiger partial charge is 0.407 e. The average molecular weight is 335 g/mol. The Morgan fingerprint density at radius 2 is 1.92 bits per heavy atom. The van der Waals surface area contributed by atoms with Gasteiger partial charge in [-0.1, -0.05) is 43.7 Å². The van der Waals surface area contributed by atoms with E-state index in [4.69, 9.17) is 9.47 Å². The Hall–Kier alpha value is -2.37. The Balaban J connectivity index is 2.50. The molecule has 0 heterocycles. The number of ether oxygens (including phenoxy) is 2. The molecule has 1 N–H and O–H groups in total. The van der Waals surface area contributed by atoms with E-state index in [0.717, 1.165) is 24.7 Å². The van der Waals surface area contributed by atoms with E-state index in [0.29, 0.717) is 25.9 Å². The Kier molecular flexibility index (Phi) is 9.92. The van der Waals surface area contributed by atoms with E-state index in [1.165, 1.54) is 0 Å². The highest BCUT2D eigenvalue weighted by molar-refractivity contribution is 5.81. The highest BCUT2D eigenvalue weighted by Gasteiger charge is 2.22. The molecule has 1 aromatic carbocycles. The molecule has 6 nitrogen and oxygen atoms in total. The first kappa shape index (κ1) is 19.7. The van der Waals surface area contributed by atoms with Crippen LogP contribution in [0.5, 0.6) is 0 Å². The number of benzene rings is 1. The minimum absolute atomic E-state index is 0.135. The zero-order valence-electron chi connectivity index (χ0n) is 14.0. The van der Waals surface area contributed by atoms with Crippen LogP contribution in [0.2, 0.25) is 0 Å². The monoisotopic (exact) mass is 335 g/mol. The number of hydrogen-bond donors (Lipinski definition) is 1. The van der Waals surface area contributed by atoms with Crippen LogP contribution >= 0.6 is 0 Å². The van der Waals surface area contributed by atoms with Crippen molar-refractivity contribution >= 4 is 18.3 Å². The van der Waals surface area contributed by atoms with E-state index in [-0.39, 0.29) is 6.61 Å². The van der Waals surface area contributed by atoms with Gasteiger partial charge in [-0.15, -0.1) is 0 Å². The minimum Gasteiger partial charge on any atom is -0.459 e. The maximum Gasteiger partial charge on any atom is 0.407 e. The summed E-state index contributed by atoms with van der Waals surface area (Å²) in [5, 5.41) is 2.52. The number of carbonyl (C=O) groups excluding carboxylic acids is 3. The number of aldehydes is 1. The van der Waals surface area contributed by atoms with Crippen molar-refractivity contribution in [3.05, 3.63) is 35.9 Å². The van der Waals surface area contributed by atoms with E-state index in [2.05, 4.69) is 5.32 Å². The lowest BCUT2D eigenvalue weighted by Crippen LogP contribution is -2.42. The van der Waals surface area contributed by atoms with Gasteiger partial charge in [0.1, 0.15) is 18.9 Å². The summed E-state index contributed by atoms with van der Waals surface area (Å²) in [6.45, 7) is 2.43. The molecule has 1 unspecified atom stereocenters. The topological polar surface area (TPSA) is 81.7 Å². The van der Waals surface area contributed by atoms with Crippen molar-refractivity contribution in [3.8, 4) is 0 Å². The molecule has 0 aromatic heterocycles. The third kappa shape index (κ3) is 8.31. The molecule has 24 heavy (non-hydrogen) atoms. The van der Waals surface area contributed by atoms with Crippen LogP contribution in [0.3, 0.4) is 0 Å². The zero-order chi connectivity index (χ0) is 17.6. The second-order valence-electron chi connectivity index (χ2n) is 5.38. The molecular formula is C18H25NO5. The van der Waals surface area contributed by atoms with Crippen LogP contribution in [-0.4, -0.2) is 31.0 Å². The molecule has 6 heteroatoms. The largest absolute Gasteiger partial charge is 0.459 e. The molecule has 132 valence electrons. The minimum atomic E-state index is -0.817. The summed E-state index contributed by atoms with van der Waals surface area (Å²) in [6.07, 6.45) is 2.97. The summed E-state index contributed by atoms with van der Waals surface area (Å²) < 4.78 is 10.3. The van der Waals surface area contributed by atoms with E-state index in [1.807, 2.05) is 37.3 Å². The second-order valence-corrected chi connectivity index (χ2v) is 5.38. The third-order valence-electron chi connectivity index (χ3n) is 3.35. The maximum atomic E-state index is 12.2. The van der Waals surface area contributed by atoms with E-state index >= 15 is 0 Å². The van der Waals surface area contributed by atoms with Crippen molar-refractivity contribution in [2.45, 2.75) is 51.7 Å². The summed E-state index contributed by atoms with van der Waals surface area (Å²) in [6, 6.07) is 8.47. The van der Waals surface area contributed by atoms with Gasteiger partial charge in [-0.05, 0) is 24.8 Å². The van der Waals surface area contributed by atoms with Gasteiger partial charge in [-0.3, -0.25) is 0 Å². The van der Waals surface area contributed by atoms with Crippen molar-refractivity contribution in [2.24, 2.45) is 0 Å². The van der Waals surface area contributed by atoms with Crippen molar-refractivity contribution in [2.75, 3.05) is 6.61 Å². The average Bonchev–Trinajstić information content (AvgIpc) is 2.60. The van der Waals surface area contributed by atoms with Crippen LogP contribution in [0.1, 0.15) is 44.6 Å². The summed E-state index contributed by atoms with van der Waals surface area (Å²) in [5.74, 6) is -0.530. The summed E-state index contributed by atoms with van der Waals surface area (Å²) >= 11 is 0. The molecule has 0 aliphatic carbocycles. The quantitative estimate of drug-likeness (QED) is 0.382. The van der Waals surface area contributed by atoms with Gasteiger partial charge in [-0.2, -0.15) is 0 Å². The fraction of sp³-hybridized carbons (Fsp3) is 0.500. The standard InChI is InChI=1S/C18H25NO5/c1-2-3-13-23-18(22)19-16(11-7-8-12-20)17(21)24-14-15-9-5-4-6-10-15/h4-6,9-10,12,16H,2-3,7-8,11,13-14H2,1H3,(H,19,22). The summed E-state index contributed by atoms with van der Waals surface area (Å²) in [5.41, 5.74) is 0.864. The fourth-order valence-electron chi connectivity index (χ4n) is 1.98. The van der Waals surface area contributed by atoms with Crippen LogP contribution in [0, 0.1) is 0 Å². The van der Waals surface area contributed by atoms with Crippen LogP contribution in [-0.2, 0) is 25.7 Å². The number of amides is 1. The van der Waals surface area contributed by atoms with Crippen molar-refractivity contribution in [1.29, 1.82) is 0 Å². The lowest BCUT2D eigenvalue weighted by Gasteiger charge is -2.17. The molecule has 0 bridgehead atoms. The first-order valence-electron chi connectivity index (χ1n) is 8.24. The lowest BCUT2D eigenvalue weighted by atomic mass is 10.1. The molecule has 1 amide bonds. The summed E-state index contributed by atoms with van der Waals surface area (Å²) in [4.78, 5) is 34.4. The van der Waals surface area contributed by atoms with Gasteiger partial charge in [0.25, 0.3) is 0 Å². The molecule has 0 aliphatic heterocycles. The first-order chi connectivity index (χ1) is 11.7. The molecule has 1 rings (SSSR count). The molecule has 1 aromatic rings. The third-order valence-corrected chi connectivity index (χ3v) is 3.35. The van der Waals surface area contributed by atoms with Gasteiger partial charge in [0.15, 0.2) is 0 Å². The first-order valence-corrected chi connectivity index (χ1v) is 8.24. The highest BCUT2D eigenvalue weighted by Crippen LogP contribution is 2.06. The van der Waals surface area contributed by atoms with Crippen LogP contribution in [0.15, 0.2) is 30.3 Å². The van der Waals surface area contributed by atoms with E-state index in [1.54, 1.807) is 0 Å². The van der Waals surface area contributed by atoms with Gasteiger partial charge in [0, 0.05) is 6.42 Å². The Labute approximate surface area is 142 Å². The van der Waals surface area contributed by atoms with E-state index in [9.17, 15) is 14.4 Å². The molecule has 0 spiro atoms.